The van der Waals surface area contributed by atoms with E-state index in [1.807, 2.05) is 39.0 Å². The molecule has 182 valence electrons. The second-order valence-electron chi connectivity index (χ2n) is 9.35. The molecular weight excluding hydrogens is 510 g/mol. The number of nitrogens with zero attached hydrogens (tertiary/aromatic N) is 1. The number of amides is 1. The van der Waals surface area contributed by atoms with E-state index in [0.29, 0.717) is 18.7 Å². The van der Waals surface area contributed by atoms with Gasteiger partial charge in [-0.05, 0) is 52.4 Å². The molecular formula is C25H27BrF2N2O4. The number of carbonyl (C=O) groups is 1. The average molecular weight is 537 g/mol. The van der Waals surface area contributed by atoms with E-state index in [-0.39, 0.29) is 33.4 Å². The summed E-state index contributed by atoms with van der Waals surface area (Å²) < 4.78 is 34.4. The van der Waals surface area contributed by atoms with Crippen LogP contribution in [0.2, 0.25) is 0 Å². The van der Waals surface area contributed by atoms with Gasteiger partial charge in [-0.3, -0.25) is 4.79 Å². The van der Waals surface area contributed by atoms with Gasteiger partial charge in [0.1, 0.15) is 28.5 Å². The highest BCUT2D eigenvalue weighted by atomic mass is 79.9. The number of rotatable bonds is 6. The smallest absolute Gasteiger partial charge is 0.405 e. The zero-order valence-electron chi connectivity index (χ0n) is 19.4. The largest absolute Gasteiger partial charge is 0.487 e. The van der Waals surface area contributed by atoms with Crippen molar-refractivity contribution in [1.29, 1.82) is 0 Å². The van der Waals surface area contributed by atoms with Gasteiger partial charge in [-0.15, -0.1) is 0 Å². The number of carboxylic acid groups (broad SMARTS) is 1. The van der Waals surface area contributed by atoms with E-state index in [1.54, 1.807) is 17.6 Å². The Morgan fingerprint density at radius 2 is 2.00 bits per heavy atom. The molecule has 1 aromatic carbocycles. The molecule has 9 heteroatoms. The van der Waals surface area contributed by atoms with E-state index in [2.05, 4.69) is 21.2 Å². The van der Waals surface area contributed by atoms with Crippen LogP contribution in [0.25, 0.3) is 0 Å². The standard InChI is InChI=1S/C25H27BrF2N2O4/c1-15-11-20(34-14-17-5-6-18(27)12-19(17)28)21(26)22(31)30(15)13-16-7-9-25(10-8-16,24(2,3)4)29-23(32)33/h5-9,11-12,29H,10,13-14H2,1-4H3,(H,32,33). The van der Waals surface area contributed by atoms with E-state index >= 15 is 0 Å². The van der Waals surface area contributed by atoms with E-state index in [0.717, 1.165) is 17.7 Å². The maximum Gasteiger partial charge on any atom is 0.405 e. The molecule has 1 aliphatic rings. The van der Waals surface area contributed by atoms with Crippen LogP contribution in [-0.2, 0) is 13.2 Å². The van der Waals surface area contributed by atoms with E-state index in [9.17, 15) is 23.5 Å². The Balaban J connectivity index is 1.79. The first kappa shape index (κ1) is 25.7. The SMILES string of the molecule is Cc1cc(OCc2ccc(F)cc2F)c(Br)c(=O)n1CC1=CCC(NC(=O)O)(C(C)(C)C)C=C1. The summed E-state index contributed by atoms with van der Waals surface area (Å²) in [6.45, 7) is 7.79. The first-order valence-electron chi connectivity index (χ1n) is 10.7. The minimum atomic E-state index is -1.09. The third-order valence-corrected chi connectivity index (χ3v) is 6.82. The normalized spacial score (nSPS) is 17.9. The molecule has 0 fully saturated rings. The van der Waals surface area contributed by atoms with Crippen molar-refractivity contribution < 1.29 is 23.4 Å². The Morgan fingerprint density at radius 3 is 2.56 bits per heavy atom. The molecule has 6 nitrogen and oxygen atoms in total. The molecule has 1 aliphatic carbocycles. The van der Waals surface area contributed by atoms with Crippen molar-refractivity contribution >= 4 is 22.0 Å². The van der Waals surface area contributed by atoms with Crippen LogP contribution in [0.4, 0.5) is 13.6 Å². The van der Waals surface area contributed by atoms with Gasteiger partial charge < -0.3 is 19.7 Å². The molecule has 1 aromatic heterocycles. The van der Waals surface area contributed by atoms with Crippen LogP contribution in [0.15, 0.2) is 57.3 Å². The van der Waals surface area contributed by atoms with E-state index in [1.165, 1.54) is 6.07 Å². The van der Waals surface area contributed by atoms with E-state index in [4.69, 9.17) is 4.74 Å². The van der Waals surface area contributed by atoms with Crippen LogP contribution >= 0.6 is 15.9 Å². The second kappa shape index (κ2) is 9.74. The first-order chi connectivity index (χ1) is 15.8. The number of allylic oxidation sites excluding steroid dienone is 2. The summed E-state index contributed by atoms with van der Waals surface area (Å²) in [6.07, 6.45) is 4.98. The Bertz CT molecular complexity index is 1230. The molecule has 2 N–H and O–H groups in total. The Kier molecular flexibility index (Phi) is 7.35. The number of pyridine rings is 1. The van der Waals surface area contributed by atoms with Gasteiger partial charge in [0.15, 0.2) is 0 Å². The van der Waals surface area contributed by atoms with Crippen molar-refractivity contribution in [3.63, 3.8) is 0 Å². The number of hydrogen-bond donors (Lipinski definition) is 2. The third kappa shape index (κ3) is 5.41. The first-order valence-corrected chi connectivity index (χ1v) is 11.5. The number of ether oxygens (including phenoxy) is 1. The van der Waals surface area contributed by atoms with Crippen molar-refractivity contribution in [3.8, 4) is 5.75 Å². The molecule has 0 saturated heterocycles. The maximum atomic E-state index is 13.9. The molecule has 0 spiro atoms. The van der Waals surface area contributed by atoms with E-state index < -0.39 is 23.3 Å². The predicted molar refractivity (Wildman–Crippen MR) is 129 cm³/mol. The zero-order valence-corrected chi connectivity index (χ0v) is 21.0. The molecule has 34 heavy (non-hydrogen) atoms. The molecule has 2 aromatic rings. The minimum Gasteiger partial charge on any atom is -0.487 e. The monoisotopic (exact) mass is 536 g/mol. The summed E-state index contributed by atoms with van der Waals surface area (Å²) in [5.41, 5.74) is 0.239. The van der Waals surface area contributed by atoms with Crippen molar-refractivity contribution in [2.45, 2.75) is 52.8 Å². The number of nitrogens with one attached hydrogen (secondary N) is 1. The zero-order chi connectivity index (χ0) is 25.3. The Labute approximate surface area is 205 Å². The summed E-state index contributed by atoms with van der Waals surface area (Å²) in [4.78, 5) is 24.4. The van der Waals surface area contributed by atoms with Crippen LogP contribution in [0.3, 0.4) is 0 Å². The van der Waals surface area contributed by atoms with Gasteiger partial charge in [0.05, 0.1) is 12.1 Å². The lowest BCUT2D eigenvalue weighted by atomic mass is 9.69. The average Bonchev–Trinajstić information content (AvgIpc) is 2.74. The van der Waals surface area contributed by atoms with Crippen LogP contribution in [0.5, 0.6) is 5.75 Å². The van der Waals surface area contributed by atoms with Crippen LogP contribution in [0, 0.1) is 24.0 Å². The fourth-order valence-electron chi connectivity index (χ4n) is 3.82. The van der Waals surface area contributed by atoms with Gasteiger partial charge in [-0.25, -0.2) is 13.6 Å². The van der Waals surface area contributed by atoms with Gasteiger partial charge in [-0.1, -0.05) is 39.0 Å². The molecule has 1 amide bonds. The van der Waals surface area contributed by atoms with Gasteiger partial charge in [0, 0.05) is 23.4 Å². The fourth-order valence-corrected chi connectivity index (χ4v) is 4.26. The molecule has 0 radical (unpaired) electrons. The molecule has 0 aliphatic heterocycles. The van der Waals surface area contributed by atoms with Crippen molar-refractivity contribution in [1.82, 2.24) is 9.88 Å². The lowest BCUT2D eigenvalue weighted by molar-refractivity contribution is 0.148. The topological polar surface area (TPSA) is 80.6 Å². The third-order valence-electron chi connectivity index (χ3n) is 6.09. The summed E-state index contributed by atoms with van der Waals surface area (Å²) >= 11 is 3.28. The number of benzene rings is 1. The van der Waals surface area contributed by atoms with Crippen molar-refractivity contribution in [2.24, 2.45) is 5.41 Å². The summed E-state index contributed by atoms with van der Waals surface area (Å²) in [5.74, 6) is -1.14. The number of hydrogen-bond acceptors (Lipinski definition) is 3. The van der Waals surface area contributed by atoms with Gasteiger partial charge in [-0.2, -0.15) is 0 Å². The van der Waals surface area contributed by atoms with Crippen LogP contribution in [-0.4, -0.2) is 21.3 Å². The lowest BCUT2D eigenvalue weighted by Gasteiger charge is -2.43. The Morgan fingerprint density at radius 1 is 1.29 bits per heavy atom. The molecule has 3 rings (SSSR count). The lowest BCUT2D eigenvalue weighted by Crippen LogP contribution is -2.55. The summed E-state index contributed by atoms with van der Waals surface area (Å²) in [6, 6.07) is 4.89. The number of aryl methyl sites for hydroxylation is 1. The highest BCUT2D eigenvalue weighted by Crippen LogP contribution is 2.38. The van der Waals surface area contributed by atoms with Crippen molar-refractivity contribution in [3.05, 3.63) is 85.8 Å². The van der Waals surface area contributed by atoms with Gasteiger partial charge >= 0.3 is 6.09 Å². The maximum absolute atomic E-state index is 13.9. The Hall–Kier alpha value is -2.94. The number of aromatic nitrogens is 1. The number of halogens is 3. The molecule has 1 heterocycles. The fraction of sp³-hybridized carbons (Fsp3) is 0.360. The molecule has 1 atom stereocenters. The quantitative estimate of drug-likeness (QED) is 0.495. The highest BCUT2D eigenvalue weighted by Gasteiger charge is 2.41. The van der Waals surface area contributed by atoms with Crippen LogP contribution < -0.4 is 15.6 Å². The highest BCUT2D eigenvalue weighted by molar-refractivity contribution is 9.10. The molecule has 0 bridgehead atoms. The predicted octanol–water partition coefficient (Wildman–Crippen LogP) is 5.72. The molecule has 0 saturated carbocycles. The minimum absolute atomic E-state index is 0.160. The van der Waals surface area contributed by atoms with Gasteiger partial charge in [0.25, 0.3) is 5.56 Å². The van der Waals surface area contributed by atoms with Crippen molar-refractivity contribution in [2.75, 3.05) is 0 Å². The molecule has 1 unspecified atom stereocenters. The second-order valence-corrected chi connectivity index (χ2v) is 10.1. The summed E-state index contributed by atoms with van der Waals surface area (Å²) in [7, 11) is 0. The van der Waals surface area contributed by atoms with Gasteiger partial charge in [0.2, 0.25) is 0 Å². The van der Waals surface area contributed by atoms with Crippen LogP contribution in [0.1, 0.15) is 38.4 Å². The summed E-state index contributed by atoms with van der Waals surface area (Å²) in [5, 5.41) is 11.9.